The van der Waals surface area contributed by atoms with Gasteiger partial charge in [-0.2, -0.15) is 5.10 Å². The topological polar surface area (TPSA) is 82.5 Å². The molecule has 7 heteroatoms. The average molecular weight is 294 g/mol. The normalized spacial score (nSPS) is 13.3. The van der Waals surface area contributed by atoms with Gasteiger partial charge in [-0.1, -0.05) is 32.2 Å². The van der Waals surface area contributed by atoms with Gasteiger partial charge in [-0.3, -0.25) is 0 Å². The van der Waals surface area contributed by atoms with Gasteiger partial charge in [-0.25, -0.2) is 9.67 Å². The van der Waals surface area contributed by atoms with Crippen LogP contribution in [-0.4, -0.2) is 24.4 Å². The minimum absolute atomic E-state index is 0.123. The highest BCUT2D eigenvalue weighted by molar-refractivity contribution is 7.05. The van der Waals surface area contributed by atoms with Crippen molar-refractivity contribution in [1.82, 2.24) is 24.4 Å². The summed E-state index contributed by atoms with van der Waals surface area (Å²) in [5.41, 5.74) is 7.32. The molecule has 0 saturated carbocycles. The molecule has 2 heterocycles. The third-order valence-corrected chi connectivity index (χ3v) is 3.93. The van der Waals surface area contributed by atoms with Crippen molar-refractivity contribution in [3.8, 4) is 0 Å². The van der Waals surface area contributed by atoms with Gasteiger partial charge in [0.05, 0.1) is 10.6 Å². The lowest BCUT2D eigenvalue weighted by molar-refractivity contribution is 0.459. The Morgan fingerprint density at radius 2 is 2.05 bits per heavy atom. The van der Waals surface area contributed by atoms with Crippen LogP contribution < -0.4 is 5.73 Å². The summed E-state index contributed by atoms with van der Waals surface area (Å²) in [6, 6.07) is -0.123. The van der Waals surface area contributed by atoms with E-state index in [0.717, 1.165) is 22.9 Å². The molecule has 0 bridgehead atoms. The van der Waals surface area contributed by atoms with E-state index in [9.17, 15) is 0 Å². The van der Waals surface area contributed by atoms with Crippen molar-refractivity contribution in [3.63, 3.8) is 0 Å². The Labute approximate surface area is 123 Å². The molecule has 1 atom stereocenters. The predicted octanol–water partition coefficient (Wildman–Crippen LogP) is 2.15. The Morgan fingerprint density at radius 3 is 2.70 bits per heavy atom. The van der Waals surface area contributed by atoms with E-state index in [1.54, 1.807) is 6.33 Å². The van der Waals surface area contributed by atoms with Gasteiger partial charge in [0.2, 0.25) is 0 Å². The molecule has 1 unspecified atom stereocenters. The maximum atomic E-state index is 6.32. The molecule has 0 aliphatic heterocycles. The molecule has 0 aliphatic rings. The van der Waals surface area contributed by atoms with Gasteiger partial charge in [-0.15, -0.1) is 5.10 Å². The molecule has 0 aliphatic carbocycles. The maximum absolute atomic E-state index is 6.32. The van der Waals surface area contributed by atoms with E-state index in [0.29, 0.717) is 18.3 Å². The van der Waals surface area contributed by atoms with E-state index in [-0.39, 0.29) is 6.04 Å². The van der Waals surface area contributed by atoms with Crippen LogP contribution in [0, 0.1) is 5.92 Å². The molecule has 2 aromatic heterocycles. The van der Waals surface area contributed by atoms with Crippen LogP contribution in [0.5, 0.6) is 0 Å². The summed E-state index contributed by atoms with van der Waals surface area (Å²) < 4.78 is 5.97. The van der Waals surface area contributed by atoms with E-state index < -0.39 is 0 Å². The lowest BCUT2D eigenvalue weighted by Crippen LogP contribution is -2.19. The summed E-state index contributed by atoms with van der Waals surface area (Å²) in [4.78, 5) is 5.38. The predicted molar refractivity (Wildman–Crippen MR) is 79.5 cm³/mol. The van der Waals surface area contributed by atoms with Crippen LogP contribution in [0.2, 0.25) is 0 Å². The van der Waals surface area contributed by atoms with E-state index in [4.69, 9.17) is 5.73 Å². The van der Waals surface area contributed by atoms with Gasteiger partial charge < -0.3 is 5.73 Å². The Morgan fingerprint density at radius 1 is 1.30 bits per heavy atom. The Kier molecular flexibility index (Phi) is 4.82. The van der Waals surface area contributed by atoms with Crippen LogP contribution in [0.4, 0.5) is 0 Å². The van der Waals surface area contributed by atoms with E-state index in [2.05, 4.69) is 47.4 Å². The maximum Gasteiger partial charge on any atom is 0.138 e. The number of nitrogens with two attached hydrogens (primary N) is 1. The zero-order chi connectivity index (χ0) is 14.7. The van der Waals surface area contributed by atoms with E-state index in [1.165, 1.54) is 11.5 Å². The second-order valence-electron chi connectivity index (χ2n) is 5.74. The lowest BCUT2D eigenvalue weighted by Gasteiger charge is -2.13. The van der Waals surface area contributed by atoms with Crippen LogP contribution in [-0.2, 0) is 13.0 Å². The highest BCUT2D eigenvalue weighted by Crippen LogP contribution is 2.26. The van der Waals surface area contributed by atoms with Crippen molar-refractivity contribution >= 4 is 11.5 Å². The summed E-state index contributed by atoms with van der Waals surface area (Å²) in [6.45, 7) is 9.40. The Hall–Kier alpha value is -1.34. The van der Waals surface area contributed by atoms with Gasteiger partial charge in [0.15, 0.2) is 0 Å². The first-order chi connectivity index (χ1) is 9.49. The fourth-order valence-electron chi connectivity index (χ4n) is 2.10. The number of hydrogen-bond donors (Lipinski definition) is 1. The molecule has 2 aromatic rings. The average Bonchev–Trinajstić information content (AvgIpc) is 2.97. The number of hydrogen-bond acceptors (Lipinski definition) is 6. The summed E-state index contributed by atoms with van der Waals surface area (Å²) >= 11 is 1.38. The van der Waals surface area contributed by atoms with Crippen molar-refractivity contribution in [2.75, 3.05) is 0 Å². The van der Waals surface area contributed by atoms with Crippen LogP contribution >= 0.6 is 11.5 Å². The standard InChI is InChI=1S/C13H22N6S/c1-8(2)6-19-11(15-7-16-19)5-10(14)13-12(9(3)4)17-18-20-13/h7-10H,5-6,14H2,1-4H3. The first-order valence-electron chi connectivity index (χ1n) is 6.93. The molecule has 0 amide bonds. The summed E-state index contributed by atoms with van der Waals surface area (Å²) in [5.74, 6) is 1.79. The Bertz CT molecular complexity index is 545. The smallest absolute Gasteiger partial charge is 0.138 e. The molecule has 0 fully saturated rings. The largest absolute Gasteiger partial charge is 0.323 e. The first-order valence-corrected chi connectivity index (χ1v) is 7.70. The fourth-order valence-corrected chi connectivity index (χ4v) is 2.90. The third kappa shape index (κ3) is 3.40. The molecule has 2 N–H and O–H groups in total. The SMILES string of the molecule is CC(C)Cn1ncnc1CC(N)c1snnc1C(C)C. The molecule has 0 radical (unpaired) electrons. The highest BCUT2D eigenvalue weighted by Gasteiger charge is 2.20. The summed E-state index contributed by atoms with van der Waals surface area (Å²) in [7, 11) is 0. The van der Waals surface area contributed by atoms with Crippen LogP contribution in [0.1, 0.15) is 56.1 Å². The summed E-state index contributed by atoms with van der Waals surface area (Å²) in [5, 5.41) is 8.45. The number of rotatable bonds is 6. The molecular formula is C13H22N6S. The lowest BCUT2D eigenvalue weighted by atomic mass is 10.0. The number of aromatic nitrogens is 5. The molecule has 2 rings (SSSR count). The van der Waals surface area contributed by atoms with Gasteiger partial charge >= 0.3 is 0 Å². The molecular weight excluding hydrogens is 272 g/mol. The van der Waals surface area contributed by atoms with Crippen molar-refractivity contribution in [1.29, 1.82) is 0 Å². The first kappa shape index (κ1) is 15.1. The van der Waals surface area contributed by atoms with Crippen molar-refractivity contribution in [2.24, 2.45) is 11.7 Å². The van der Waals surface area contributed by atoms with Crippen LogP contribution in [0.3, 0.4) is 0 Å². The molecule has 0 spiro atoms. The summed E-state index contributed by atoms with van der Waals surface area (Å²) in [6.07, 6.45) is 2.26. The van der Waals surface area contributed by atoms with Crippen LogP contribution in [0.15, 0.2) is 6.33 Å². The second-order valence-corrected chi connectivity index (χ2v) is 6.53. The van der Waals surface area contributed by atoms with Crippen molar-refractivity contribution < 1.29 is 0 Å². The van der Waals surface area contributed by atoms with Gasteiger partial charge in [-0.05, 0) is 23.4 Å². The van der Waals surface area contributed by atoms with Crippen molar-refractivity contribution in [2.45, 2.75) is 52.6 Å². The molecule has 20 heavy (non-hydrogen) atoms. The zero-order valence-electron chi connectivity index (χ0n) is 12.4. The molecule has 0 aromatic carbocycles. The van der Waals surface area contributed by atoms with Gasteiger partial charge in [0.25, 0.3) is 0 Å². The minimum Gasteiger partial charge on any atom is -0.323 e. The molecule has 6 nitrogen and oxygen atoms in total. The Balaban J connectivity index is 2.13. The highest BCUT2D eigenvalue weighted by atomic mass is 32.1. The third-order valence-electron chi connectivity index (χ3n) is 3.06. The van der Waals surface area contributed by atoms with Gasteiger partial charge in [0.1, 0.15) is 12.2 Å². The number of nitrogens with zero attached hydrogens (tertiary/aromatic N) is 5. The second kappa shape index (κ2) is 6.41. The minimum atomic E-state index is -0.123. The van der Waals surface area contributed by atoms with Crippen LogP contribution in [0.25, 0.3) is 0 Å². The molecule has 110 valence electrons. The van der Waals surface area contributed by atoms with E-state index in [1.807, 2.05) is 4.68 Å². The fraction of sp³-hybridized carbons (Fsp3) is 0.692. The van der Waals surface area contributed by atoms with Gasteiger partial charge in [0, 0.05) is 19.0 Å². The van der Waals surface area contributed by atoms with E-state index >= 15 is 0 Å². The zero-order valence-corrected chi connectivity index (χ0v) is 13.3. The van der Waals surface area contributed by atoms with Crippen molar-refractivity contribution in [3.05, 3.63) is 22.7 Å². The monoisotopic (exact) mass is 294 g/mol. The molecule has 0 saturated heterocycles. The quantitative estimate of drug-likeness (QED) is 0.882.